The molecule has 5 nitrogen and oxygen atoms in total. The summed E-state index contributed by atoms with van der Waals surface area (Å²) in [6, 6.07) is 7.42. The van der Waals surface area contributed by atoms with E-state index in [4.69, 9.17) is 16.3 Å². The second-order valence-electron chi connectivity index (χ2n) is 4.81. The van der Waals surface area contributed by atoms with Crippen LogP contribution >= 0.6 is 11.6 Å². The van der Waals surface area contributed by atoms with Crippen LogP contribution in [0.25, 0.3) is 5.69 Å². The van der Waals surface area contributed by atoms with Gasteiger partial charge in [0, 0.05) is 30.1 Å². The quantitative estimate of drug-likeness (QED) is 0.884. The second-order valence-corrected chi connectivity index (χ2v) is 5.25. The van der Waals surface area contributed by atoms with Gasteiger partial charge in [-0.1, -0.05) is 11.6 Å². The van der Waals surface area contributed by atoms with E-state index in [-0.39, 0.29) is 5.97 Å². The van der Waals surface area contributed by atoms with Crippen LogP contribution < -0.4 is 5.32 Å². The molecular weight excluding hydrogens is 290 g/mol. The minimum Gasteiger partial charge on any atom is -0.461 e. The molecule has 0 aliphatic carbocycles. The Labute approximate surface area is 127 Å². The van der Waals surface area contributed by atoms with E-state index in [1.807, 2.05) is 28.9 Å². The highest BCUT2D eigenvalue weighted by Gasteiger charge is 2.26. The first-order valence-corrected chi connectivity index (χ1v) is 7.33. The highest BCUT2D eigenvalue weighted by Crippen LogP contribution is 2.23. The average molecular weight is 306 g/mol. The number of hydrogen-bond acceptors (Lipinski definition) is 4. The van der Waals surface area contributed by atoms with Gasteiger partial charge in [-0.25, -0.2) is 9.48 Å². The van der Waals surface area contributed by atoms with Crippen molar-refractivity contribution in [3.05, 3.63) is 46.2 Å². The Balaban J connectivity index is 2.08. The lowest BCUT2D eigenvalue weighted by Crippen LogP contribution is -2.25. The van der Waals surface area contributed by atoms with Crippen LogP contribution in [0.3, 0.4) is 0 Å². The number of halogens is 1. The normalized spacial score (nSPS) is 13.8. The monoisotopic (exact) mass is 305 g/mol. The Morgan fingerprint density at radius 1 is 1.43 bits per heavy atom. The Morgan fingerprint density at radius 3 is 2.90 bits per heavy atom. The maximum atomic E-state index is 12.1. The Kier molecular flexibility index (Phi) is 3.94. The number of hydrogen-bond donors (Lipinski definition) is 1. The molecule has 0 amide bonds. The second kappa shape index (κ2) is 5.87. The fourth-order valence-corrected chi connectivity index (χ4v) is 2.63. The average Bonchev–Trinajstić information content (AvgIpc) is 2.88. The highest BCUT2D eigenvalue weighted by molar-refractivity contribution is 6.30. The zero-order chi connectivity index (χ0) is 14.8. The first kappa shape index (κ1) is 14.1. The number of fused-ring (bicyclic) bond motifs is 1. The summed E-state index contributed by atoms with van der Waals surface area (Å²) in [5, 5.41) is 8.41. The van der Waals surface area contributed by atoms with Crippen LogP contribution in [-0.4, -0.2) is 28.9 Å². The number of esters is 1. The molecule has 0 fully saturated rings. The van der Waals surface area contributed by atoms with E-state index in [9.17, 15) is 4.79 Å². The van der Waals surface area contributed by atoms with E-state index < -0.39 is 0 Å². The third-order valence-electron chi connectivity index (χ3n) is 3.47. The maximum Gasteiger partial charge on any atom is 0.359 e. The molecule has 2 aromatic rings. The fourth-order valence-electron chi connectivity index (χ4n) is 2.51. The minimum atomic E-state index is -0.370. The lowest BCUT2D eigenvalue weighted by Gasteiger charge is -2.15. The summed E-state index contributed by atoms with van der Waals surface area (Å²) >= 11 is 5.93. The summed E-state index contributed by atoms with van der Waals surface area (Å²) < 4.78 is 6.92. The molecule has 0 unspecified atom stereocenters. The van der Waals surface area contributed by atoms with Gasteiger partial charge in [0.05, 0.1) is 18.0 Å². The summed E-state index contributed by atoms with van der Waals surface area (Å²) in [7, 11) is 0. The number of nitrogens with one attached hydrogen (secondary N) is 1. The third kappa shape index (κ3) is 2.66. The lowest BCUT2D eigenvalue weighted by molar-refractivity contribution is 0.0517. The molecule has 3 rings (SSSR count). The minimum absolute atomic E-state index is 0.342. The van der Waals surface area contributed by atoms with Crippen molar-refractivity contribution in [2.24, 2.45) is 0 Å². The van der Waals surface area contributed by atoms with E-state index in [0.29, 0.717) is 23.9 Å². The molecule has 0 radical (unpaired) electrons. The number of carbonyl (C=O) groups is 1. The Morgan fingerprint density at radius 2 is 2.19 bits per heavy atom. The van der Waals surface area contributed by atoms with E-state index in [0.717, 1.165) is 29.9 Å². The summed E-state index contributed by atoms with van der Waals surface area (Å²) in [5.74, 6) is -0.370. The molecule has 1 N–H and O–H groups in total. The predicted octanol–water partition coefficient (Wildman–Crippen LogP) is 2.35. The van der Waals surface area contributed by atoms with Crippen molar-refractivity contribution < 1.29 is 9.53 Å². The Bertz CT molecular complexity index is 664. The van der Waals surface area contributed by atoms with Crippen LogP contribution in [0.2, 0.25) is 5.02 Å². The van der Waals surface area contributed by atoms with E-state index >= 15 is 0 Å². The summed E-state index contributed by atoms with van der Waals surface area (Å²) in [5.41, 5.74) is 3.27. The molecule has 0 bridgehead atoms. The molecule has 6 heteroatoms. The molecule has 21 heavy (non-hydrogen) atoms. The largest absolute Gasteiger partial charge is 0.461 e. The topological polar surface area (TPSA) is 56.1 Å². The van der Waals surface area contributed by atoms with Gasteiger partial charge in [-0.15, -0.1) is 0 Å². The third-order valence-corrected chi connectivity index (χ3v) is 3.72. The van der Waals surface area contributed by atoms with Gasteiger partial charge < -0.3 is 10.1 Å². The van der Waals surface area contributed by atoms with Crippen molar-refractivity contribution in [3.8, 4) is 5.69 Å². The zero-order valence-electron chi connectivity index (χ0n) is 11.7. The van der Waals surface area contributed by atoms with Crippen LogP contribution in [0.15, 0.2) is 24.3 Å². The van der Waals surface area contributed by atoms with Crippen molar-refractivity contribution >= 4 is 17.6 Å². The first-order valence-electron chi connectivity index (χ1n) is 6.95. The van der Waals surface area contributed by atoms with Crippen LogP contribution in [0.1, 0.15) is 28.7 Å². The summed E-state index contributed by atoms with van der Waals surface area (Å²) in [4.78, 5) is 12.1. The van der Waals surface area contributed by atoms with Crippen molar-refractivity contribution in [3.63, 3.8) is 0 Å². The van der Waals surface area contributed by atoms with Crippen LogP contribution in [-0.2, 0) is 17.7 Å². The van der Waals surface area contributed by atoms with Gasteiger partial charge in [0.2, 0.25) is 0 Å². The number of rotatable bonds is 3. The fraction of sp³-hybridized carbons (Fsp3) is 0.333. The van der Waals surface area contributed by atoms with Gasteiger partial charge in [0.25, 0.3) is 0 Å². The molecule has 0 spiro atoms. The van der Waals surface area contributed by atoms with Crippen LogP contribution in [0.5, 0.6) is 0 Å². The molecule has 1 aliphatic rings. The van der Waals surface area contributed by atoms with Gasteiger partial charge in [-0.2, -0.15) is 5.10 Å². The van der Waals surface area contributed by atoms with Gasteiger partial charge in [-0.3, -0.25) is 0 Å². The maximum absolute atomic E-state index is 12.1. The molecular formula is C15H16ClN3O2. The van der Waals surface area contributed by atoms with Crippen LogP contribution in [0.4, 0.5) is 0 Å². The standard InChI is InChI=1S/C15H16ClN3O2/c1-2-21-15(20)14-12-9-17-8-7-13(12)19(18-14)11-5-3-10(16)4-6-11/h3-6,17H,2,7-9H2,1H3. The van der Waals surface area contributed by atoms with E-state index in [1.165, 1.54) is 0 Å². The van der Waals surface area contributed by atoms with Gasteiger partial charge in [-0.05, 0) is 31.2 Å². The van der Waals surface area contributed by atoms with E-state index in [1.54, 1.807) is 6.92 Å². The molecule has 0 atom stereocenters. The number of benzene rings is 1. The van der Waals surface area contributed by atoms with Crippen molar-refractivity contribution in [1.29, 1.82) is 0 Å². The Hall–Kier alpha value is -1.85. The molecule has 1 aromatic heterocycles. The van der Waals surface area contributed by atoms with Crippen molar-refractivity contribution in [2.45, 2.75) is 19.9 Å². The molecule has 1 aliphatic heterocycles. The van der Waals surface area contributed by atoms with Gasteiger partial charge >= 0.3 is 5.97 Å². The van der Waals surface area contributed by atoms with Crippen molar-refractivity contribution in [2.75, 3.05) is 13.2 Å². The van der Waals surface area contributed by atoms with Gasteiger partial charge in [0.1, 0.15) is 0 Å². The summed E-state index contributed by atoms with van der Waals surface area (Å²) in [6.45, 7) is 3.64. The first-order chi connectivity index (χ1) is 10.2. The van der Waals surface area contributed by atoms with E-state index in [2.05, 4.69) is 10.4 Å². The van der Waals surface area contributed by atoms with Crippen molar-refractivity contribution in [1.82, 2.24) is 15.1 Å². The summed E-state index contributed by atoms with van der Waals surface area (Å²) in [6.07, 6.45) is 0.824. The predicted molar refractivity (Wildman–Crippen MR) is 79.9 cm³/mol. The van der Waals surface area contributed by atoms with Crippen LogP contribution in [0, 0.1) is 0 Å². The number of ether oxygens (including phenoxy) is 1. The molecule has 1 aromatic carbocycles. The number of nitrogens with zero attached hydrogens (tertiary/aromatic N) is 2. The lowest BCUT2D eigenvalue weighted by atomic mass is 10.1. The highest BCUT2D eigenvalue weighted by atomic mass is 35.5. The zero-order valence-corrected chi connectivity index (χ0v) is 12.5. The molecule has 0 saturated heterocycles. The number of carbonyl (C=O) groups excluding carboxylic acids is 1. The van der Waals surface area contributed by atoms with Gasteiger partial charge in [0.15, 0.2) is 5.69 Å². The SMILES string of the molecule is CCOC(=O)c1nn(-c2ccc(Cl)cc2)c2c1CNCC2. The smallest absolute Gasteiger partial charge is 0.359 e. The molecule has 110 valence electrons. The molecule has 0 saturated carbocycles. The molecule has 2 heterocycles. The number of aromatic nitrogens is 2.